The summed E-state index contributed by atoms with van der Waals surface area (Å²) in [6.45, 7) is 0. The smallest absolute Gasteiger partial charge is 0.339 e. The molecule has 1 heterocycles. The third-order valence-corrected chi connectivity index (χ3v) is 2.95. The van der Waals surface area contributed by atoms with Crippen LogP contribution in [0.4, 0.5) is 10.7 Å². The molecule has 72 valence electrons. The monoisotopic (exact) mass is 208 g/mol. The van der Waals surface area contributed by atoms with Gasteiger partial charge in [0.05, 0.1) is 9.70 Å². The number of carboxylic acids is 1. The number of nitrogens with two attached hydrogens (primary N) is 2. The maximum absolute atomic E-state index is 10.9. The predicted octanol–water partition coefficient (Wildman–Crippen LogP) is 1.76. The molecule has 0 fully saturated rings. The summed E-state index contributed by atoms with van der Waals surface area (Å²) in [5.74, 6) is -1.02. The van der Waals surface area contributed by atoms with Crippen LogP contribution in [0.25, 0.3) is 10.1 Å². The van der Waals surface area contributed by atoms with E-state index in [1.807, 2.05) is 0 Å². The molecule has 0 bridgehead atoms. The molecule has 0 saturated heterocycles. The van der Waals surface area contributed by atoms with Crippen LogP contribution >= 0.6 is 11.3 Å². The number of carbonyl (C=O) groups is 1. The molecule has 1 aromatic carbocycles. The van der Waals surface area contributed by atoms with Crippen molar-refractivity contribution in [3.63, 3.8) is 0 Å². The van der Waals surface area contributed by atoms with Gasteiger partial charge in [-0.25, -0.2) is 4.79 Å². The highest BCUT2D eigenvalue weighted by Crippen LogP contribution is 2.33. The lowest BCUT2D eigenvalue weighted by atomic mass is 10.1. The van der Waals surface area contributed by atoms with Gasteiger partial charge < -0.3 is 16.6 Å². The van der Waals surface area contributed by atoms with Crippen molar-refractivity contribution in [1.29, 1.82) is 0 Å². The third-order valence-electron chi connectivity index (χ3n) is 1.95. The van der Waals surface area contributed by atoms with Crippen LogP contribution in [0.15, 0.2) is 18.2 Å². The lowest BCUT2D eigenvalue weighted by molar-refractivity contribution is 0.0700. The summed E-state index contributed by atoms with van der Waals surface area (Å²) in [5.41, 5.74) is 11.6. The molecule has 0 saturated carbocycles. The average Bonchev–Trinajstić information content (AvgIpc) is 2.43. The number of hydrogen-bond acceptors (Lipinski definition) is 4. The number of thiophene rings is 1. The number of nitrogen functional groups attached to an aromatic ring is 2. The van der Waals surface area contributed by atoms with Crippen LogP contribution in [0.2, 0.25) is 0 Å². The molecular weight excluding hydrogens is 200 g/mol. The fourth-order valence-corrected chi connectivity index (χ4v) is 2.33. The van der Waals surface area contributed by atoms with Gasteiger partial charge in [-0.05, 0) is 17.5 Å². The largest absolute Gasteiger partial charge is 0.478 e. The quantitative estimate of drug-likeness (QED) is 0.623. The van der Waals surface area contributed by atoms with Crippen LogP contribution in [0, 0.1) is 0 Å². The van der Waals surface area contributed by atoms with E-state index in [2.05, 4.69) is 0 Å². The Kier molecular flexibility index (Phi) is 1.82. The molecule has 0 aliphatic carbocycles. The molecule has 2 rings (SSSR count). The summed E-state index contributed by atoms with van der Waals surface area (Å²) in [6.07, 6.45) is 0. The normalized spacial score (nSPS) is 10.6. The van der Waals surface area contributed by atoms with Gasteiger partial charge in [0.25, 0.3) is 0 Å². The minimum atomic E-state index is -1.02. The molecule has 0 unspecified atom stereocenters. The van der Waals surface area contributed by atoms with Crippen molar-refractivity contribution in [3.05, 3.63) is 23.8 Å². The second kappa shape index (κ2) is 2.88. The first-order valence-corrected chi connectivity index (χ1v) is 4.72. The van der Waals surface area contributed by atoms with Crippen molar-refractivity contribution in [2.24, 2.45) is 0 Å². The van der Waals surface area contributed by atoms with Gasteiger partial charge in [0.15, 0.2) is 0 Å². The van der Waals surface area contributed by atoms with E-state index in [4.69, 9.17) is 16.6 Å². The Labute approximate surface area is 83.8 Å². The van der Waals surface area contributed by atoms with Crippen LogP contribution < -0.4 is 11.5 Å². The fraction of sp³-hybridized carbons (Fsp3) is 0. The number of anilines is 2. The first-order chi connectivity index (χ1) is 6.59. The lowest BCUT2D eigenvalue weighted by Gasteiger charge is -2.00. The van der Waals surface area contributed by atoms with Crippen molar-refractivity contribution in [1.82, 2.24) is 0 Å². The Morgan fingerprint density at radius 1 is 1.36 bits per heavy atom. The lowest BCUT2D eigenvalue weighted by Crippen LogP contribution is -2.01. The SMILES string of the molecule is Nc1cc2ccc(N)c(C(=O)O)c2s1. The van der Waals surface area contributed by atoms with E-state index in [1.54, 1.807) is 18.2 Å². The number of hydrogen-bond donors (Lipinski definition) is 3. The summed E-state index contributed by atoms with van der Waals surface area (Å²) >= 11 is 1.24. The van der Waals surface area contributed by atoms with Crippen LogP contribution in [0.3, 0.4) is 0 Å². The van der Waals surface area contributed by atoms with Crippen LogP contribution in [0.1, 0.15) is 10.4 Å². The molecule has 4 nitrogen and oxygen atoms in total. The number of fused-ring (bicyclic) bond motifs is 1. The summed E-state index contributed by atoms with van der Waals surface area (Å²) in [5, 5.41) is 10.4. The maximum atomic E-state index is 10.9. The highest BCUT2D eigenvalue weighted by Gasteiger charge is 2.14. The third kappa shape index (κ3) is 1.18. The van der Waals surface area contributed by atoms with E-state index in [1.165, 1.54) is 11.3 Å². The minimum absolute atomic E-state index is 0.143. The molecule has 2 aromatic rings. The molecular formula is C9H8N2O2S. The number of benzene rings is 1. The van der Waals surface area contributed by atoms with Crippen LogP contribution in [0.5, 0.6) is 0 Å². The first-order valence-electron chi connectivity index (χ1n) is 3.90. The molecule has 0 atom stereocenters. The van der Waals surface area contributed by atoms with E-state index in [-0.39, 0.29) is 11.3 Å². The minimum Gasteiger partial charge on any atom is -0.478 e. The molecule has 5 N–H and O–H groups in total. The van der Waals surface area contributed by atoms with Gasteiger partial charge in [-0.1, -0.05) is 6.07 Å². The van der Waals surface area contributed by atoms with E-state index >= 15 is 0 Å². The number of carboxylic acid groups (broad SMARTS) is 1. The molecule has 0 aliphatic heterocycles. The molecule has 0 amide bonds. The predicted molar refractivity (Wildman–Crippen MR) is 57.6 cm³/mol. The zero-order valence-electron chi connectivity index (χ0n) is 7.15. The maximum Gasteiger partial charge on any atom is 0.339 e. The first kappa shape index (κ1) is 8.83. The molecule has 0 aliphatic rings. The molecule has 0 radical (unpaired) electrons. The topological polar surface area (TPSA) is 89.3 Å². The second-order valence-corrected chi connectivity index (χ2v) is 3.99. The fourth-order valence-electron chi connectivity index (χ4n) is 1.36. The van der Waals surface area contributed by atoms with Crippen molar-refractivity contribution in [2.75, 3.05) is 11.5 Å². The van der Waals surface area contributed by atoms with Crippen LogP contribution in [-0.2, 0) is 0 Å². The molecule has 0 spiro atoms. The van der Waals surface area contributed by atoms with Gasteiger partial charge >= 0.3 is 5.97 Å². The zero-order valence-corrected chi connectivity index (χ0v) is 7.97. The van der Waals surface area contributed by atoms with Gasteiger partial charge in [0, 0.05) is 5.69 Å². The standard InChI is InChI=1S/C9H8N2O2S/c10-5-2-1-4-3-6(11)14-8(4)7(5)9(12)13/h1-3H,10-11H2,(H,12,13). The van der Waals surface area contributed by atoms with Crippen molar-refractivity contribution in [3.8, 4) is 0 Å². The van der Waals surface area contributed by atoms with Crippen molar-refractivity contribution < 1.29 is 9.90 Å². The van der Waals surface area contributed by atoms with E-state index in [9.17, 15) is 4.79 Å². The highest BCUT2D eigenvalue weighted by atomic mass is 32.1. The van der Waals surface area contributed by atoms with Gasteiger partial charge in [0.1, 0.15) is 5.56 Å². The second-order valence-electron chi connectivity index (χ2n) is 2.90. The highest BCUT2D eigenvalue weighted by molar-refractivity contribution is 7.23. The van der Waals surface area contributed by atoms with Crippen LogP contribution in [-0.4, -0.2) is 11.1 Å². The number of rotatable bonds is 1. The number of aromatic carboxylic acids is 1. The molecule has 1 aromatic heterocycles. The average molecular weight is 208 g/mol. The summed E-state index contributed by atoms with van der Waals surface area (Å²) in [6, 6.07) is 5.09. The summed E-state index contributed by atoms with van der Waals surface area (Å²) in [7, 11) is 0. The van der Waals surface area contributed by atoms with Crippen molar-refractivity contribution >= 4 is 38.1 Å². The summed E-state index contributed by atoms with van der Waals surface area (Å²) in [4.78, 5) is 10.9. The van der Waals surface area contributed by atoms with Gasteiger partial charge in [-0.3, -0.25) is 0 Å². The Morgan fingerprint density at radius 2 is 2.07 bits per heavy atom. The van der Waals surface area contributed by atoms with Crippen molar-refractivity contribution in [2.45, 2.75) is 0 Å². The van der Waals surface area contributed by atoms with E-state index < -0.39 is 5.97 Å². The Hall–Kier alpha value is -1.75. The van der Waals surface area contributed by atoms with E-state index in [0.717, 1.165) is 5.39 Å². The zero-order chi connectivity index (χ0) is 10.3. The Balaban J connectivity index is 2.88. The summed E-state index contributed by atoms with van der Waals surface area (Å²) < 4.78 is 0.634. The molecule has 5 heteroatoms. The van der Waals surface area contributed by atoms with Gasteiger partial charge in [-0.15, -0.1) is 11.3 Å². The van der Waals surface area contributed by atoms with E-state index in [0.29, 0.717) is 9.70 Å². The molecule has 14 heavy (non-hydrogen) atoms. The Bertz CT molecular complexity index is 519. The van der Waals surface area contributed by atoms with Gasteiger partial charge in [0.2, 0.25) is 0 Å². The Morgan fingerprint density at radius 3 is 2.71 bits per heavy atom. The van der Waals surface area contributed by atoms with Gasteiger partial charge in [-0.2, -0.15) is 0 Å².